The van der Waals surface area contributed by atoms with Gasteiger partial charge in [-0.2, -0.15) is 0 Å². The Hall–Kier alpha value is -2.66. The van der Waals surface area contributed by atoms with Crippen molar-refractivity contribution in [3.63, 3.8) is 0 Å². The third-order valence-corrected chi connectivity index (χ3v) is 6.50. The van der Waals surface area contributed by atoms with E-state index in [4.69, 9.17) is 12.2 Å². The van der Waals surface area contributed by atoms with Gasteiger partial charge < -0.3 is 14.8 Å². The molecule has 156 valence electrons. The van der Waals surface area contributed by atoms with Crippen LogP contribution in [0, 0.1) is 13.8 Å². The zero-order valence-electron chi connectivity index (χ0n) is 18.4. The van der Waals surface area contributed by atoms with Gasteiger partial charge in [0.1, 0.15) is 0 Å². The predicted molar refractivity (Wildman–Crippen MR) is 128 cm³/mol. The van der Waals surface area contributed by atoms with E-state index in [0.717, 1.165) is 23.0 Å². The van der Waals surface area contributed by atoms with Gasteiger partial charge in [0.25, 0.3) is 0 Å². The van der Waals surface area contributed by atoms with Crippen molar-refractivity contribution in [1.82, 2.24) is 14.9 Å². The summed E-state index contributed by atoms with van der Waals surface area (Å²) in [7, 11) is 0. The Labute approximate surface area is 184 Å². The minimum Gasteiger partial charge on any atom is -0.351 e. The molecule has 1 aliphatic rings. The molecule has 1 fully saturated rings. The smallest absolute Gasteiger partial charge is 0.174 e. The van der Waals surface area contributed by atoms with Gasteiger partial charge in [-0.15, -0.1) is 0 Å². The van der Waals surface area contributed by atoms with E-state index in [1.807, 2.05) is 18.3 Å². The van der Waals surface area contributed by atoms with Crippen molar-refractivity contribution in [2.75, 3.05) is 4.90 Å². The number of anilines is 1. The molecular weight excluding hydrogens is 388 g/mol. The lowest BCUT2D eigenvalue weighted by molar-refractivity contribution is 0.563. The summed E-state index contributed by atoms with van der Waals surface area (Å²) < 4.78 is 2.37. The molecule has 0 saturated carbocycles. The molecule has 0 bridgehead atoms. The molecule has 3 heterocycles. The maximum absolute atomic E-state index is 5.85. The summed E-state index contributed by atoms with van der Waals surface area (Å²) in [4.78, 5) is 6.92. The summed E-state index contributed by atoms with van der Waals surface area (Å²) in [6.07, 6.45) is 1.85. The van der Waals surface area contributed by atoms with E-state index >= 15 is 0 Å². The number of benzene rings is 1. The fourth-order valence-corrected chi connectivity index (χ4v) is 4.93. The third-order valence-electron chi connectivity index (χ3n) is 6.18. The SMILES string of the molecule is CCn1c(C)cc(C2C(c3ccccn3)NC(=S)N2c2ccc(C(C)C)cc2)c1C. The van der Waals surface area contributed by atoms with Crippen LogP contribution in [0.4, 0.5) is 5.69 Å². The van der Waals surface area contributed by atoms with E-state index in [1.54, 1.807) is 0 Å². The number of nitrogens with zero attached hydrogens (tertiary/aromatic N) is 3. The van der Waals surface area contributed by atoms with Crippen molar-refractivity contribution in [2.24, 2.45) is 0 Å². The highest BCUT2D eigenvalue weighted by molar-refractivity contribution is 7.80. The molecular formula is C25H30N4S. The Morgan fingerprint density at radius 1 is 1.10 bits per heavy atom. The number of hydrogen-bond donors (Lipinski definition) is 1. The second-order valence-corrected chi connectivity index (χ2v) is 8.70. The van der Waals surface area contributed by atoms with E-state index in [0.29, 0.717) is 5.92 Å². The lowest BCUT2D eigenvalue weighted by Gasteiger charge is -2.28. The van der Waals surface area contributed by atoms with Gasteiger partial charge in [0.2, 0.25) is 0 Å². The topological polar surface area (TPSA) is 33.1 Å². The highest BCUT2D eigenvalue weighted by Gasteiger charge is 2.42. The van der Waals surface area contributed by atoms with Crippen molar-refractivity contribution in [3.8, 4) is 0 Å². The zero-order valence-corrected chi connectivity index (χ0v) is 19.2. The van der Waals surface area contributed by atoms with Crippen molar-refractivity contribution in [2.45, 2.75) is 59.2 Å². The first-order chi connectivity index (χ1) is 14.4. The number of pyridine rings is 1. The Balaban J connectivity index is 1.84. The number of hydrogen-bond acceptors (Lipinski definition) is 2. The highest BCUT2D eigenvalue weighted by Crippen LogP contribution is 2.43. The van der Waals surface area contributed by atoms with Crippen LogP contribution < -0.4 is 10.2 Å². The summed E-state index contributed by atoms with van der Waals surface area (Å²) in [6, 6.07) is 17.2. The van der Waals surface area contributed by atoms with E-state index in [1.165, 1.54) is 22.5 Å². The Bertz CT molecular complexity index is 1040. The molecule has 1 aromatic carbocycles. The third kappa shape index (κ3) is 3.52. The standard InChI is InChI=1S/C25H30N4S/c1-6-28-17(4)15-21(18(28)5)24-23(22-9-7-8-14-26-22)27-25(30)29(24)20-12-10-19(11-13-20)16(2)3/h7-16,23-24H,6H2,1-5H3,(H,27,30). The molecule has 4 rings (SSSR count). The molecule has 3 aromatic rings. The van der Waals surface area contributed by atoms with Gasteiger partial charge in [-0.05, 0) is 80.4 Å². The van der Waals surface area contributed by atoms with Crippen LogP contribution in [0.15, 0.2) is 54.7 Å². The number of aromatic nitrogens is 2. The average molecular weight is 419 g/mol. The minimum atomic E-state index is -0.00529. The molecule has 1 aliphatic heterocycles. The van der Waals surface area contributed by atoms with Gasteiger partial charge >= 0.3 is 0 Å². The van der Waals surface area contributed by atoms with Crippen molar-refractivity contribution >= 4 is 23.0 Å². The van der Waals surface area contributed by atoms with Crippen LogP contribution >= 0.6 is 12.2 Å². The van der Waals surface area contributed by atoms with Crippen LogP contribution in [0.3, 0.4) is 0 Å². The van der Waals surface area contributed by atoms with E-state index < -0.39 is 0 Å². The summed E-state index contributed by atoms with van der Waals surface area (Å²) in [5, 5.41) is 4.31. The first-order valence-electron chi connectivity index (χ1n) is 10.7. The largest absolute Gasteiger partial charge is 0.351 e. The van der Waals surface area contributed by atoms with Gasteiger partial charge in [0.05, 0.1) is 17.8 Å². The lowest BCUT2D eigenvalue weighted by Crippen LogP contribution is -2.29. The van der Waals surface area contributed by atoms with Crippen LogP contribution in [0.1, 0.15) is 67.0 Å². The average Bonchev–Trinajstić information content (AvgIpc) is 3.23. The van der Waals surface area contributed by atoms with Crippen molar-refractivity contribution < 1.29 is 0 Å². The molecule has 1 N–H and O–H groups in total. The molecule has 30 heavy (non-hydrogen) atoms. The number of thiocarbonyl (C=S) groups is 1. The predicted octanol–water partition coefficient (Wildman–Crippen LogP) is 5.82. The molecule has 0 amide bonds. The highest BCUT2D eigenvalue weighted by atomic mass is 32.1. The first kappa shape index (κ1) is 20.6. The lowest BCUT2D eigenvalue weighted by atomic mass is 9.96. The van der Waals surface area contributed by atoms with Crippen LogP contribution in [0.25, 0.3) is 0 Å². The quantitative estimate of drug-likeness (QED) is 0.529. The van der Waals surface area contributed by atoms with Gasteiger partial charge in [-0.25, -0.2) is 0 Å². The summed E-state index contributed by atoms with van der Waals surface area (Å²) in [5.41, 5.74) is 7.31. The van der Waals surface area contributed by atoms with Crippen LogP contribution in [0.5, 0.6) is 0 Å². The van der Waals surface area contributed by atoms with Crippen LogP contribution in [-0.4, -0.2) is 14.7 Å². The van der Waals surface area contributed by atoms with Crippen molar-refractivity contribution in [3.05, 3.63) is 82.9 Å². The maximum Gasteiger partial charge on any atom is 0.174 e. The Morgan fingerprint density at radius 2 is 1.83 bits per heavy atom. The molecule has 1 saturated heterocycles. The Morgan fingerprint density at radius 3 is 2.40 bits per heavy atom. The second kappa shape index (κ2) is 8.23. The summed E-state index contributed by atoms with van der Waals surface area (Å²) >= 11 is 5.85. The van der Waals surface area contributed by atoms with Crippen LogP contribution in [-0.2, 0) is 6.54 Å². The minimum absolute atomic E-state index is 0.00529. The maximum atomic E-state index is 5.85. The second-order valence-electron chi connectivity index (χ2n) is 8.31. The van der Waals surface area contributed by atoms with Crippen LogP contribution in [0.2, 0.25) is 0 Å². The van der Waals surface area contributed by atoms with Gasteiger partial charge in [-0.1, -0.05) is 32.0 Å². The molecule has 2 aromatic heterocycles. The van der Waals surface area contributed by atoms with Gasteiger partial charge in [0, 0.05) is 29.8 Å². The monoisotopic (exact) mass is 418 g/mol. The molecule has 0 radical (unpaired) electrons. The normalized spacial score (nSPS) is 18.9. The molecule has 4 nitrogen and oxygen atoms in total. The fraction of sp³-hybridized carbons (Fsp3) is 0.360. The molecule has 0 aliphatic carbocycles. The molecule has 2 unspecified atom stereocenters. The molecule has 2 atom stereocenters. The summed E-state index contributed by atoms with van der Waals surface area (Å²) in [6.45, 7) is 12.0. The zero-order chi connectivity index (χ0) is 21.4. The van der Waals surface area contributed by atoms with E-state index in [9.17, 15) is 0 Å². The van der Waals surface area contributed by atoms with Crippen molar-refractivity contribution in [1.29, 1.82) is 0 Å². The number of aryl methyl sites for hydroxylation is 1. The van der Waals surface area contributed by atoms with Gasteiger partial charge in [0.15, 0.2) is 5.11 Å². The molecule has 0 spiro atoms. The number of rotatable bonds is 5. The fourth-order valence-electron chi connectivity index (χ4n) is 4.58. The first-order valence-corrected chi connectivity index (χ1v) is 11.1. The van der Waals surface area contributed by atoms with Gasteiger partial charge in [-0.3, -0.25) is 4.98 Å². The molecule has 5 heteroatoms. The number of nitrogens with one attached hydrogen (secondary N) is 1. The van der Waals surface area contributed by atoms with E-state index in [-0.39, 0.29) is 12.1 Å². The Kier molecular flexibility index (Phi) is 5.65. The van der Waals surface area contributed by atoms with E-state index in [2.05, 4.69) is 90.8 Å². The summed E-state index contributed by atoms with van der Waals surface area (Å²) in [5.74, 6) is 0.503.